The Morgan fingerprint density at radius 1 is 1.29 bits per heavy atom. The normalized spacial score (nSPS) is 20.4. The van der Waals surface area contributed by atoms with Crippen molar-refractivity contribution in [3.05, 3.63) is 35.5 Å². The van der Waals surface area contributed by atoms with Gasteiger partial charge < -0.3 is 5.32 Å². The van der Waals surface area contributed by atoms with Crippen molar-refractivity contribution >= 4 is 11.3 Å². The molecule has 0 aliphatic carbocycles. The van der Waals surface area contributed by atoms with E-state index in [1.807, 2.05) is 24.4 Å². The maximum atomic E-state index is 4.70. The van der Waals surface area contributed by atoms with Crippen molar-refractivity contribution in [3.8, 4) is 10.7 Å². The molecule has 1 atom stereocenters. The maximum absolute atomic E-state index is 4.70. The predicted molar refractivity (Wildman–Crippen MR) is 69.9 cm³/mol. The molecule has 3 nitrogen and oxygen atoms in total. The minimum atomic E-state index is 0.442. The van der Waals surface area contributed by atoms with Gasteiger partial charge in [-0.3, -0.25) is 4.98 Å². The van der Waals surface area contributed by atoms with E-state index < -0.39 is 0 Å². The fraction of sp³-hybridized carbons (Fsp3) is 0.385. The number of aromatic nitrogens is 2. The molecular weight excluding hydrogens is 230 g/mol. The lowest BCUT2D eigenvalue weighted by Gasteiger charge is -2.21. The minimum Gasteiger partial charge on any atom is -0.309 e. The van der Waals surface area contributed by atoms with Crippen molar-refractivity contribution in [1.82, 2.24) is 15.3 Å². The first-order valence-corrected chi connectivity index (χ1v) is 6.92. The summed E-state index contributed by atoms with van der Waals surface area (Å²) < 4.78 is 0. The third-order valence-corrected chi connectivity index (χ3v) is 3.96. The molecule has 0 radical (unpaired) electrons. The van der Waals surface area contributed by atoms with Gasteiger partial charge in [-0.2, -0.15) is 0 Å². The van der Waals surface area contributed by atoms with Gasteiger partial charge in [-0.15, -0.1) is 11.3 Å². The van der Waals surface area contributed by atoms with Crippen LogP contribution in [0.1, 0.15) is 31.0 Å². The van der Waals surface area contributed by atoms with Crippen LogP contribution in [0.2, 0.25) is 0 Å². The SMILES string of the molecule is c1ccc(-c2nc([C@H]3CCCCN3)cs2)nc1. The zero-order valence-electron chi connectivity index (χ0n) is 9.60. The second-order valence-electron chi connectivity index (χ2n) is 4.29. The van der Waals surface area contributed by atoms with Gasteiger partial charge in [0.05, 0.1) is 17.4 Å². The Balaban J connectivity index is 1.83. The molecule has 1 N–H and O–H groups in total. The molecule has 1 saturated heterocycles. The first-order valence-electron chi connectivity index (χ1n) is 6.04. The quantitative estimate of drug-likeness (QED) is 0.883. The van der Waals surface area contributed by atoms with Gasteiger partial charge in [0.15, 0.2) is 0 Å². The van der Waals surface area contributed by atoms with Crippen molar-refractivity contribution < 1.29 is 0 Å². The zero-order valence-corrected chi connectivity index (χ0v) is 10.4. The van der Waals surface area contributed by atoms with E-state index in [0.717, 1.165) is 17.2 Å². The maximum Gasteiger partial charge on any atom is 0.142 e. The van der Waals surface area contributed by atoms with E-state index in [1.165, 1.54) is 25.0 Å². The predicted octanol–water partition coefficient (Wildman–Crippen LogP) is 3.02. The summed E-state index contributed by atoms with van der Waals surface area (Å²) in [6.07, 6.45) is 5.60. The lowest BCUT2D eigenvalue weighted by Crippen LogP contribution is -2.26. The summed E-state index contributed by atoms with van der Waals surface area (Å²) in [6.45, 7) is 1.11. The number of nitrogens with one attached hydrogen (secondary N) is 1. The van der Waals surface area contributed by atoms with E-state index in [2.05, 4.69) is 15.7 Å². The highest BCUT2D eigenvalue weighted by molar-refractivity contribution is 7.13. The van der Waals surface area contributed by atoms with Crippen molar-refractivity contribution in [3.63, 3.8) is 0 Å². The number of piperidine rings is 1. The smallest absolute Gasteiger partial charge is 0.142 e. The topological polar surface area (TPSA) is 37.8 Å². The van der Waals surface area contributed by atoms with E-state index >= 15 is 0 Å². The zero-order chi connectivity index (χ0) is 11.5. The first-order chi connectivity index (χ1) is 8.43. The standard InChI is InChI=1S/C13H15N3S/c1-3-7-14-10(5-1)12-9-17-13(16-12)11-6-2-4-8-15-11/h2,4,6,8-10,14H,1,3,5,7H2/t10-/m1/s1. The van der Waals surface area contributed by atoms with Crippen LogP contribution >= 0.6 is 11.3 Å². The Morgan fingerprint density at radius 2 is 2.29 bits per heavy atom. The molecule has 1 aliphatic rings. The molecule has 1 aliphatic heterocycles. The lowest BCUT2D eigenvalue weighted by molar-refractivity contribution is 0.407. The molecular formula is C13H15N3S. The van der Waals surface area contributed by atoms with Crippen molar-refractivity contribution in [2.24, 2.45) is 0 Å². The van der Waals surface area contributed by atoms with Crippen LogP contribution in [0.25, 0.3) is 10.7 Å². The van der Waals surface area contributed by atoms with Crippen LogP contribution in [-0.2, 0) is 0 Å². The Hall–Kier alpha value is -1.26. The number of rotatable bonds is 2. The summed E-state index contributed by atoms with van der Waals surface area (Å²) in [7, 11) is 0. The molecule has 4 heteroatoms. The van der Waals surface area contributed by atoms with Crippen LogP contribution in [0.5, 0.6) is 0 Å². The summed E-state index contributed by atoms with van der Waals surface area (Å²) in [4.78, 5) is 9.03. The second kappa shape index (κ2) is 4.94. The van der Waals surface area contributed by atoms with E-state index in [-0.39, 0.29) is 0 Å². The third kappa shape index (κ3) is 2.37. The Morgan fingerprint density at radius 3 is 3.06 bits per heavy atom. The molecule has 0 bridgehead atoms. The van der Waals surface area contributed by atoms with Gasteiger partial charge >= 0.3 is 0 Å². The van der Waals surface area contributed by atoms with Crippen LogP contribution in [0, 0.1) is 0 Å². The van der Waals surface area contributed by atoms with Crippen LogP contribution < -0.4 is 5.32 Å². The molecule has 2 aromatic heterocycles. The molecule has 0 amide bonds. The van der Waals surface area contributed by atoms with Crippen molar-refractivity contribution in [1.29, 1.82) is 0 Å². The van der Waals surface area contributed by atoms with E-state index in [9.17, 15) is 0 Å². The average molecular weight is 245 g/mol. The van der Waals surface area contributed by atoms with E-state index in [4.69, 9.17) is 4.98 Å². The Kier molecular flexibility index (Phi) is 3.16. The van der Waals surface area contributed by atoms with Crippen molar-refractivity contribution in [2.75, 3.05) is 6.54 Å². The summed E-state index contributed by atoms with van der Waals surface area (Å²) in [5.41, 5.74) is 2.15. The monoisotopic (exact) mass is 245 g/mol. The van der Waals surface area contributed by atoms with E-state index in [1.54, 1.807) is 11.3 Å². The molecule has 2 aromatic rings. The molecule has 88 valence electrons. The highest BCUT2D eigenvalue weighted by Crippen LogP contribution is 2.28. The van der Waals surface area contributed by atoms with Crippen LogP contribution in [0.3, 0.4) is 0 Å². The van der Waals surface area contributed by atoms with Gasteiger partial charge in [0.2, 0.25) is 0 Å². The molecule has 0 unspecified atom stereocenters. The van der Waals surface area contributed by atoms with Gasteiger partial charge in [-0.25, -0.2) is 4.98 Å². The number of nitrogens with zero attached hydrogens (tertiary/aromatic N) is 2. The molecule has 0 saturated carbocycles. The van der Waals surface area contributed by atoms with Crippen LogP contribution in [0.4, 0.5) is 0 Å². The van der Waals surface area contributed by atoms with Crippen LogP contribution in [0.15, 0.2) is 29.8 Å². The number of hydrogen-bond donors (Lipinski definition) is 1. The molecule has 0 aromatic carbocycles. The number of hydrogen-bond acceptors (Lipinski definition) is 4. The summed E-state index contributed by atoms with van der Waals surface area (Å²) >= 11 is 1.68. The number of thiazole rings is 1. The summed E-state index contributed by atoms with van der Waals surface area (Å²) in [5.74, 6) is 0. The largest absolute Gasteiger partial charge is 0.309 e. The average Bonchev–Trinajstić information content (AvgIpc) is 2.90. The van der Waals surface area contributed by atoms with Gasteiger partial charge in [0.25, 0.3) is 0 Å². The highest BCUT2D eigenvalue weighted by atomic mass is 32.1. The first kappa shape index (κ1) is 10.9. The fourth-order valence-electron chi connectivity index (χ4n) is 2.16. The lowest BCUT2D eigenvalue weighted by atomic mass is 10.0. The fourth-order valence-corrected chi connectivity index (χ4v) is 3.01. The minimum absolute atomic E-state index is 0.442. The Bertz CT molecular complexity index is 474. The summed E-state index contributed by atoms with van der Waals surface area (Å²) in [6, 6.07) is 6.39. The number of pyridine rings is 1. The van der Waals surface area contributed by atoms with Gasteiger partial charge in [0.1, 0.15) is 5.01 Å². The van der Waals surface area contributed by atoms with Crippen LogP contribution in [-0.4, -0.2) is 16.5 Å². The van der Waals surface area contributed by atoms with Crippen molar-refractivity contribution in [2.45, 2.75) is 25.3 Å². The Labute approximate surface area is 105 Å². The van der Waals surface area contributed by atoms with Gasteiger partial charge in [-0.1, -0.05) is 12.5 Å². The second-order valence-corrected chi connectivity index (χ2v) is 5.15. The molecule has 3 heterocycles. The molecule has 1 fully saturated rings. The molecule has 0 spiro atoms. The molecule has 3 rings (SSSR count). The third-order valence-electron chi connectivity index (χ3n) is 3.07. The highest BCUT2D eigenvalue weighted by Gasteiger charge is 2.17. The van der Waals surface area contributed by atoms with Gasteiger partial charge in [0, 0.05) is 11.6 Å². The van der Waals surface area contributed by atoms with E-state index in [0.29, 0.717) is 6.04 Å². The summed E-state index contributed by atoms with van der Waals surface area (Å²) in [5, 5.41) is 6.70. The van der Waals surface area contributed by atoms with Gasteiger partial charge in [-0.05, 0) is 31.5 Å². The molecule has 17 heavy (non-hydrogen) atoms.